The largest absolute Gasteiger partial charge is 0.281 e. The van der Waals surface area contributed by atoms with Gasteiger partial charge in [0.1, 0.15) is 11.2 Å². The molecule has 124 valence electrons. The number of amides is 1. The fourth-order valence-electron chi connectivity index (χ4n) is 2.43. The maximum atomic E-state index is 12.8. The molecule has 0 atom stereocenters. The Balaban J connectivity index is 1.79. The number of carbonyl (C=O) groups is 1. The van der Waals surface area contributed by atoms with Crippen molar-refractivity contribution in [3.05, 3.63) is 73.7 Å². The number of carbonyl (C=O) groups excluding carboxylic acids is 1. The van der Waals surface area contributed by atoms with Crippen molar-refractivity contribution in [3.8, 4) is 11.1 Å². The minimum absolute atomic E-state index is 0.318. The van der Waals surface area contributed by atoms with E-state index in [9.17, 15) is 9.59 Å². The van der Waals surface area contributed by atoms with Gasteiger partial charge in [0.05, 0.1) is 10.3 Å². The van der Waals surface area contributed by atoms with E-state index in [4.69, 9.17) is 11.6 Å². The van der Waals surface area contributed by atoms with Crippen molar-refractivity contribution in [2.75, 3.05) is 5.43 Å². The second-order valence-electron chi connectivity index (χ2n) is 5.17. The first-order chi connectivity index (χ1) is 12.1. The van der Waals surface area contributed by atoms with Gasteiger partial charge < -0.3 is 0 Å². The number of halogens is 1. The van der Waals surface area contributed by atoms with Gasteiger partial charge in [-0.25, -0.2) is 9.66 Å². The van der Waals surface area contributed by atoms with Crippen LogP contribution in [0.2, 0.25) is 5.02 Å². The van der Waals surface area contributed by atoms with E-state index < -0.39 is 0 Å². The van der Waals surface area contributed by atoms with Gasteiger partial charge >= 0.3 is 0 Å². The smallest absolute Gasteiger partial charge is 0.267 e. The normalized spacial score (nSPS) is 10.9. The Morgan fingerprint density at radius 3 is 2.68 bits per heavy atom. The van der Waals surface area contributed by atoms with Crippen LogP contribution in [0.4, 0.5) is 0 Å². The Hall–Kier alpha value is -2.48. The number of fused-ring (bicyclic) bond motifs is 1. The molecular formula is C17H10ClN3O2S2. The van der Waals surface area contributed by atoms with Gasteiger partial charge in [-0.15, -0.1) is 22.7 Å². The lowest BCUT2D eigenvalue weighted by atomic mass is 10.1. The molecule has 1 N–H and O–H groups in total. The van der Waals surface area contributed by atoms with Crippen molar-refractivity contribution in [1.82, 2.24) is 9.66 Å². The van der Waals surface area contributed by atoms with Gasteiger partial charge in [-0.2, -0.15) is 0 Å². The first-order valence-corrected chi connectivity index (χ1v) is 9.37. The van der Waals surface area contributed by atoms with E-state index >= 15 is 0 Å². The molecule has 4 rings (SSSR count). The molecular weight excluding hydrogens is 378 g/mol. The van der Waals surface area contributed by atoms with Gasteiger partial charge in [0.25, 0.3) is 11.5 Å². The van der Waals surface area contributed by atoms with Crippen LogP contribution in [0.3, 0.4) is 0 Å². The monoisotopic (exact) mass is 387 g/mol. The fourth-order valence-corrected chi connectivity index (χ4v) is 4.07. The number of hydrogen-bond donors (Lipinski definition) is 1. The van der Waals surface area contributed by atoms with Crippen LogP contribution in [0, 0.1) is 0 Å². The summed E-state index contributed by atoms with van der Waals surface area (Å²) < 4.78 is 1.12. The molecule has 0 aliphatic heterocycles. The summed E-state index contributed by atoms with van der Waals surface area (Å²) in [5, 5.41) is 4.79. The average molecular weight is 388 g/mol. The molecule has 5 nitrogen and oxygen atoms in total. The van der Waals surface area contributed by atoms with Crippen molar-refractivity contribution in [2.45, 2.75) is 0 Å². The molecule has 1 amide bonds. The number of aromatic nitrogens is 2. The molecule has 0 fully saturated rings. The summed E-state index contributed by atoms with van der Waals surface area (Å²) in [6.45, 7) is 0. The van der Waals surface area contributed by atoms with Gasteiger partial charge in [0.15, 0.2) is 0 Å². The van der Waals surface area contributed by atoms with Crippen LogP contribution in [0.1, 0.15) is 9.67 Å². The Morgan fingerprint density at radius 1 is 1.16 bits per heavy atom. The minimum atomic E-state index is -0.346. The zero-order valence-electron chi connectivity index (χ0n) is 12.6. The standard InChI is InChI=1S/C17H10ClN3O2S2/c18-11-5-3-10(4-6-11)12-8-25-16-14(12)17(23)21(9-19-16)20-15(22)13-2-1-7-24-13/h1-9H,(H,20,22). The van der Waals surface area contributed by atoms with Crippen molar-refractivity contribution in [1.29, 1.82) is 0 Å². The van der Waals surface area contributed by atoms with E-state index in [0.29, 0.717) is 20.1 Å². The third-order valence-electron chi connectivity index (χ3n) is 3.62. The summed E-state index contributed by atoms with van der Waals surface area (Å²) in [5.74, 6) is -0.346. The predicted molar refractivity (Wildman–Crippen MR) is 102 cm³/mol. The average Bonchev–Trinajstić information content (AvgIpc) is 3.28. The van der Waals surface area contributed by atoms with Crippen LogP contribution in [0.25, 0.3) is 21.3 Å². The van der Waals surface area contributed by atoms with E-state index in [2.05, 4.69) is 10.4 Å². The highest BCUT2D eigenvalue weighted by Gasteiger charge is 2.15. The lowest BCUT2D eigenvalue weighted by Crippen LogP contribution is -2.32. The highest BCUT2D eigenvalue weighted by molar-refractivity contribution is 7.17. The molecule has 0 aliphatic rings. The molecule has 3 aromatic heterocycles. The number of rotatable bonds is 3. The van der Waals surface area contributed by atoms with Crippen molar-refractivity contribution >= 4 is 50.4 Å². The van der Waals surface area contributed by atoms with Crippen LogP contribution >= 0.6 is 34.3 Å². The number of nitrogens with zero attached hydrogens (tertiary/aromatic N) is 2. The Kier molecular flexibility index (Phi) is 4.12. The molecule has 0 radical (unpaired) electrons. The third kappa shape index (κ3) is 2.97. The van der Waals surface area contributed by atoms with Gasteiger partial charge in [-0.3, -0.25) is 15.0 Å². The van der Waals surface area contributed by atoms with Gasteiger partial charge in [-0.05, 0) is 29.1 Å². The van der Waals surface area contributed by atoms with E-state index in [-0.39, 0.29) is 11.5 Å². The Bertz CT molecular complexity index is 1120. The zero-order chi connectivity index (χ0) is 17.4. The highest BCUT2D eigenvalue weighted by atomic mass is 35.5. The minimum Gasteiger partial charge on any atom is -0.267 e. The first-order valence-electron chi connectivity index (χ1n) is 7.23. The number of hydrogen-bond acceptors (Lipinski definition) is 5. The van der Waals surface area contributed by atoms with Crippen molar-refractivity contribution in [2.24, 2.45) is 0 Å². The number of nitrogens with one attached hydrogen (secondary N) is 1. The van der Waals surface area contributed by atoms with E-state index in [1.54, 1.807) is 29.6 Å². The highest BCUT2D eigenvalue weighted by Crippen LogP contribution is 2.31. The van der Waals surface area contributed by atoms with Crippen LogP contribution in [0.5, 0.6) is 0 Å². The molecule has 0 bridgehead atoms. The summed E-state index contributed by atoms with van der Waals surface area (Å²) in [7, 11) is 0. The molecule has 0 saturated heterocycles. The van der Waals surface area contributed by atoms with Crippen LogP contribution in [-0.2, 0) is 0 Å². The molecule has 0 saturated carbocycles. The SMILES string of the molecule is O=C(Nn1cnc2scc(-c3ccc(Cl)cc3)c2c1=O)c1cccs1. The van der Waals surface area contributed by atoms with Gasteiger partial charge in [0, 0.05) is 16.0 Å². The molecule has 4 aromatic rings. The summed E-state index contributed by atoms with van der Waals surface area (Å²) in [5.41, 5.74) is 3.90. The molecule has 3 heterocycles. The molecule has 0 spiro atoms. The first kappa shape index (κ1) is 16.0. The van der Waals surface area contributed by atoms with E-state index in [1.165, 1.54) is 29.0 Å². The predicted octanol–water partition coefficient (Wildman–Crippen LogP) is 4.22. The van der Waals surface area contributed by atoms with Crippen molar-refractivity contribution < 1.29 is 4.79 Å². The maximum absolute atomic E-state index is 12.8. The van der Waals surface area contributed by atoms with Gasteiger partial charge in [-0.1, -0.05) is 29.8 Å². The third-order valence-corrected chi connectivity index (χ3v) is 5.62. The van der Waals surface area contributed by atoms with Crippen molar-refractivity contribution in [3.63, 3.8) is 0 Å². The Labute approximate surface area is 155 Å². The summed E-state index contributed by atoms with van der Waals surface area (Å²) >= 11 is 8.62. The van der Waals surface area contributed by atoms with E-state index in [0.717, 1.165) is 15.8 Å². The fraction of sp³-hybridized carbons (Fsp3) is 0. The molecule has 0 aliphatic carbocycles. The molecule has 8 heteroatoms. The molecule has 25 heavy (non-hydrogen) atoms. The lowest BCUT2D eigenvalue weighted by Gasteiger charge is -2.07. The summed E-state index contributed by atoms with van der Waals surface area (Å²) in [6.07, 6.45) is 1.33. The van der Waals surface area contributed by atoms with Crippen LogP contribution in [0.15, 0.2) is 58.3 Å². The second-order valence-corrected chi connectivity index (χ2v) is 7.42. The zero-order valence-corrected chi connectivity index (χ0v) is 15.0. The maximum Gasteiger partial charge on any atom is 0.281 e. The van der Waals surface area contributed by atoms with Gasteiger partial charge in [0.2, 0.25) is 0 Å². The molecule has 0 unspecified atom stereocenters. The lowest BCUT2D eigenvalue weighted by molar-refractivity contribution is 0.101. The number of benzene rings is 1. The van der Waals surface area contributed by atoms with Crippen LogP contribution < -0.4 is 11.0 Å². The summed E-state index contributed by atoms with van der Waals surface area (Å²) in [4.78, 5) is 30.5. The summed E-state index contributed by atoms with van der Waals surface area (Å²) in [6, 6.07) is 10.7. The van der Waals surface area contributed by atoms with Crippen LogP contribution in [-0.4, -0.2) is 15.6 Å². The molecule has 1 aromatic carbocycles. The topological polar surface area (TPSA) is 64.0 Å². The Morgan fingerprint density at radius 2 is 1.96 bits per heavy atom. The van der Waals surface area contributed by atoms with E-state index in [1.807, 2.05) is 17.5 Å². The number of thiophene rings is 2. The quantitative estimate of drug-likeness (QED) is 0.572. The second kappa shape index (κ2) is 6.44.